The van der Waals surface area contributed by atoms with Crippen LogP contribution in [0.25, 0.3) is 10.1 Å². The van der Waals surface area contributed by atoms with Gasteiger partial charge in [0.15, 0.2) is 9.84 Å². The SMILES string of the molecule is COCc1c(C(=O)N(C)[C@@H]2CCCC[C@H]2S(C)(=O)=O)sc2cccc(F)c12. The molecule has 1 aliphatic rings. The van der Waals surface area contributed by atoms with Crippen LogP contribution in [0.2, 0.25) is 0 Å². The van der Waals surface area contributed by atoms with Gasteiger partial charge in [0.2, 0.25) is 0 Å². The van der Waals surface area contributed by atoms with Crippen molar-refractivity contribution >= 4 is 37.2 Å². The van der Waals surface area contributed by atoms with Crippen LogP contribution in [0.15, 0.2) is 18.2 Å². The Balaban J connectivity index is 2.02. The van der Waals surface area contributed by atoms with E-state index in [-0.39, 0.29) is 24.4 Å². The molecule has 1 saturated carbocycles. The molecular formula is C19H24FNO4S2. The van der Waals surface area contributed by atoms with Crippen molar-refractivity contribution in [1.29, 1.82) is 0 Å². The van der Waals surface area contributed by atoms with Gasteiger partial charge in [-0.2, -0.15) is 0 Å². The molecule has 5 nitrogen and oxygen atoms in total. The minimum Gasteiger partial charge on any atom is -0.380 e. The number of hydrogen-bond donors (Lipinski definition) is 0. The monoisotopic (exact) mass is 413 g/mol. The zero-order chi connectivity index (χ0) is 19.8. The fraction of sp³-hybridized carbons (Fsp3) is 0.526. The van der Waals surface area contributed by atoms with Crippen molar-refractivity contribution in [1.82, 2.24) is 4.90 Å². The number of halogens is 1. The maximum atomic E-state index is 14.4. The summed E-state index contributed by atoms with van der Waals surface area (Å²) in [5.74, 6) is -0.660. The molecule has 3 rings (SSSR count). The fourth-order valence-corrected chi connectivity index (χ4v) is 6.64. The molecule has 8 heteroatoms. The predicted molar refractivity (Wildman–Crippen MR) is 105 cm³/mol. The van der Waals surface area contributed by atoms with Gasteiger partial charge >= 0.3 is 0 Å². The van der Waals surface area contributed by atoms with Crippen LogP contribution in [0.1, 0.15) is 40.9 Å². The molecule has 1 amide bonds. The van der Waals surface area contributed by atoms with Crippen LogP contribution in [0.4, 0.5) is 4.39 Å². The van der Waals surface area contributed by atoms with Crippen LogP contribution in [-0.2, 0) is 21.2 Å². The number of fused-ring (bicyclic) bond motifs is 1. The minimum atomic E-state index is -3.26. The third-order valence-corrected chi connectivity index (χ3v) is 8.12. The summed E-state index contributed by atoms with van der Waals surface area (Å²) in [5, 5.41) is -0.151. The molecule has 2 atom stereocenters. The molecule has 0 unspecified atom stereocenters. The van der Waals surface area contributed by atoms with E-state index in [4.69, 9.17) is 4.74 Å². The normalized spacial score (nSPS) is 20.7. The molecule has 148 valence electrons. The van der Waals surface area contributed by atoms with E-state index in [0.29, 0.717) is 33.4 Å². The summed E-state index contributed by atoms with van der Waals surface area (Å²) in [6.45, 7) is 0.121. The van der Waals surface area contributed by atoms with Crippen molar-refractivity contribution in [2.24, 2.45) is 0 Å². The molecule has 0 radical (unpaired) electrons. The van der Waals surface area contributed by atoms with Crippen molar-refractivity contribution < 1.29 is 22.3 Å². The summed E-state index contributed by atoms with van der Waals surface area (Å²) in [6.07, 6.45) is 4.19. The van der Waals surface area contributed by atoms with Crippen molar-refractivity contribution in [3.05, 3.63) is 34.5 Å². The topological polar surface area (TPSA) is 63.7 Å². The van der Waals surface area contributed by atoms with E-state index in [1.165, 1.54) is 35.7 Å². The maximum absolute atomic E-state index is 14.4. The second kappa shape index (κ2) is 7.85. The molecule has 2 aromatic rings. The molecule has 0 saturated heterocycles. The highest BCUT2D eigenvalue weighted by Crippen LogP contribution is 2.36. The average Bonchev–Trinajstić information content (AvgIpc) is 3.00. The summed E-state index contributed by atoms with van der Waals surface area (Å²) in [5.41, 5.74) is 0.527. The van der Waals surface area contributed by atoms with Gasteiger partial charge in [0.25, 0.3) is 5.91 Å². The quantitative estimate of drug-likeness (QED) is 0.751. The van der Waals surface area contributed by atoms with Crippen LogP contribution in [0, 0.1) is 5.82 Å². The van der Waals surface area contributed by atoms with Gasteiger partial charge in [-0.25, -0.2) is 12.8 Å². The number of rotatable bonds is 5. The first-order valence-electron chi connectivity index (χ1n) is 8.90. The molecule has 1 aliphatic carbocycles. The van der Waals surface area contributed by atoms with Gasteiger partial charge in [-0.3, -0.25) is 4.79 Å². The number of thiophene rings is 1. The minimum absolute atomic E-state index is 0.121. The number of amides is 1. The summed E-state index contributed by atoms with van der Waals surface area (Å²) in [4.78, 5) is 15.2. The van der Waals surface area contributed by atoms with E-state index in [1.807, 2.05) is 0 Å². The summed E-state index contributed by atoms with van der Waals surface area (Å²) in [6, 6.07) is 4.39. The largest absolute Gasteiger partial charge is 0.380 e. The van der Waals surface area contributed by atoms with E-state index in [0.717, 1.165) is 12.8 Å². The Morgan fingerprint density at radius 3 is 2.70 bits per heavy atom. The molecule has 1 fully saturated rings. The second-order valence-corrected chi connectivity index (χ2v) is 10.4. The van der Waals surface area contributed by atoms with Crippen molar-refractivity contribution in [3.63, 3.8) is 0 Å². The van der Waals surface area contributed by atoms with Gasteiger partial charge in [-0.1, -0.05) is 18.9 Å². The average molecular weight is 414 g/mol. The lowest BCUT2D eigenvalue weighted by molar-refractivity contribution is 0.0701. The molecule has 0 N–H and O–H groups in total. The van der Waals surface area contributed by atoms with Crippen molar-refractivity contribution in [2.45, 2.75) is 43.6 Å². The highest BCUT2D eigenvalue weighted by molar-refractivity contribution is 7.91. The Kier molecular flexibility index (Phi) is 5.88. The first kappa shape index (κ1) is 20.2. The zero-order valence-electron chi connectivity index (χ0n) is 15.7. The van der Waals surface area contributed by atoms with Crippen LogP contribution in [-0.4, -0.2) is 50.9 Å². The summed E-state index contributed by atoms with van der Waals surface area (Å²) >= 11 is 1.23. The Morgan fingerprint density at radius 1 is 1.33 bits per heavy atom. The standard InChI is InChI=1S/C19H24FNO4S2/c1-21(14-8-4-5-10-16(14)27(3,23)24)19(22)18-12(11-25-2)17-13(20)7-6-9-15(17)26-18/h6-7,9,14,16H,4-5,8,10-11H2,1-3H3/t14-,16-/m1/s1. The third kappa shape index (κ3) is 3.88. The molecule has 0 aliphatic heterocycles. The number of benzene rings is 1. The molecule has 27 heavy (non-hydrogen) atoms. The first-order chi connectivity index (χ1) is 12.8. The number of carbonyl (C=O) groups excluding carboxylic acids is 1. The Labute approximate surface area is 163 Å². The molecular weight excluding hydrogens is 389 g/mol. The highest BCUT2D eigenvalue weighted by atomic mass is 32.2. The molecule has 1 aromatic heterocycles. The van der Waals surface area contributed by atoms with Crippen LogP contribution < -0.4 is 0 Å². The van der Waals surface area contributed by atoms with Crippen molar-refractivity contribution in [2.75, 3.05) is 20.4 Å². The lowest BCUT2D eigenvalue weighted by Gasteiger charge is -2.36. The molecule has 1 heterocycles. The molecule has 0 spiro atoms. The second-order valence-electron chi connectivity index (χ2n) is 7.09. The van der Waals surface area contributed by atoms with Crippen LogP contribution in [0.3, 0.4) is 0 Å². The van der Waals surface area contributed by atoms with E-state index in [1.54, 1.807) is 19.2 Å². The number of hydrogen-bond acceptors (Lipinski definition) is 5. The smallest absolute Gasteiger partial charge is 0.264 e. The molecule has 0 bridgehead atoms. The zero-order valence-corrected chi connectivity index (χ0v) is 17.3. The summed E-state index contributed by atoms with van der Waals surface area (Å²) in [7, 11) is -0.113. The van der Waals surface area contributed by atoms with Crippen LogP contribution in [0.5, 0.6) is 0 Å². The summed E-state index contributed by atoms with van der Waals surface area (Å²) < 4.78 is 44.7. The highest BCUT2D eigenvalue weighted by Gasteiger charge is 2.38. The Hall–Kier alpha value is -1.51. The number of ether oxygens (including phenoxy) is 1. The van der Waals surface area contributed by atoms with Gasteiger partial charge in [-0.05, 0) is 25.0 Å². The lowest BCUT2D eigenvalue weighted by atomic mass is 9.93. The maximum Gasteiger partial charge on any atom is 0.264 e. The number of carbonyl (C=O) groups is 1. The van der Waals surface area contributed by atoms with Gasteiger partial charge in [-0.15, -0.1) is 11.3 Å². The number of sulfone groups is 1. The van der Waals surface area contributed by atoms with Gasteiger partial charge in [0.05, 0.1) is 16.7 Å². The van der Waals surface area contributed by atoms with E-state index < -0.39 is 15.1 Å². The third-order valence-electron chi connectivity index (χ3n) is 5.28. The van der Waals surface area contributed by atoms with Gasteiger partial charge < -0.3 is 9.64 Å². The number of methoxy groups -OCH3 is 1. The Bertz CT molecular complexity index is 954. The Morgan fingerprint density at radius 2 is 2.04 bits per heavy atom. The lowest BCUT2D eigenvalue weighted by Crippen LogP contribution is -2.49. The predicted octanol–water partition coefficient (Wildman–Crippen LogP) is 3.61. The van der Waals surface area contributed by atoms with E-state index >= 15 is 0 Å². The first-order valence-corrected chi connectivity index (χ1v) is 11.7. The number of nitrogens with zero attached hydrogens (tertiary/aromatic N) is 1. The van der Waals surface area contributed by atoms with Gasteiger partial charge in [0.1, 0.15) is 5.82 Å². The van der Waals surface area contributed by atoms with Crippen LogP contribution >= 0.6 is 11.3 Å². The van der Waals surface area contributed by atoms with E-state index in [2.05, 4.69) is 0 Å². The molecule has 1 aromatic carbocycles. The van der Waals surface area contributed by atoms with Gasteiger partial charge in [0, 0.05) is 42.1 Å². The van der Waals surface area contributed by atoms with Crippen molar-refractivity contribution in [3.8, 4) is 0 Å². The fourth-order valence-electron chi connectivity index (χ4n) is 3.95. The van der Waals surface area contributed by atoms with E-state index in [9.17, 15) is 17.6 Å².